The number of methoxy groups -OCH3 is 1. The lowest BCUT2D eigenvalue weighted by Gasteiger charge is -2.41. The van der Waals surface area contributed by atoms with Gasteiger partial charge in [-0.15, -0.1) is 0 Å². The van der Waals surface area contributed by atoms with Gasteiger partial charge < -0.3 is 20.5 Å². The lowest BCUT2D eigenvalue weighted by molar-refractivity contribution is -0.149. The molecule has 0 aromatic rings. The van der Waals surface area contributed by atoms with Gasteiger partial charge in [-0.2, -0.15) is 5.10 Å². The monoisotopic (exact) mass is 385 g/mol. The number of carbonyl (C=O) groups is 2. The zero-order chi connectivity index (χ0) is 18.5. The quantitative estimate of drug-likeness (QED) is 0.590. The molecule has 10 heteroatoms. The average Bonchev–Trinajstić information content (AvgIpc) is 3.13. The Hall–Kier alpha value is -1.36. The van der Waals surface area contributed by atoms with E-state index in [9.17, 15) is 9.59 Å². The molecule has 1 atom stereocenters. The molecule has 0 aromatic carbocycles. The molecule has 2 aliphatic heterocycles. The van der Waals surface area contributed by atoms with Crippen LogP contribution in [-0.4, -0.2) is 84.4 Å². The van der Waals surface area contributed by atoms with Crippen molar-refractivity contribution in [1.29, 1.82) is 0 Å². The summed E-state index contributed by atoms with van der Waals surface area (Å²) in [6, 6.07) is 0.247. The highest BCUT2D eigenvalue weighted by Gasteiger charge is 2.40. The Bertz CT molecular complexity index is 547. The van der Waals surface area contributed by atoms with Crippen LogP contribution in [0.1, 0.15) is 25.7 Å². The minimum Gasteiger partial charge on any atom is -0.467 e. The number of primary amides is 1. The number of thioether (sulfide) groups is 1. The molecule has 3 rings (SSSR count). The second-order valence-electron chi connectivity index (χ2n) is 6.70. The van der Waals surface area contributed by atoms with Gasteiger partial charge in [0.15, 0.2) is 10.5 Å². The molecular formula is C16H27N5O4S. The van der Waals surface area contributed by atoms with Gasteiger partial charge in [-0.05, 0) is 25.7 Å². The maximum Gasteiger partial charge on any atom is 0.331 e. The number of nitrogens with one attached hydrogen (secondary N) is 1. The van der Waals surface area contributed by atoms with E-state index < -0.39 is 5.91 Å². The van der Waals surface area contributed by atoms with E-state index in [1.165, 1.54) is 18.9 Å². The molecule has 1 unspecified atom stereocenters. The summed E-state index contributed by atoms with van der Waals surface area (Å²) in [5.41, 5.74) is 5.50. The Kier molecular flexibility index (Phi) is 6.74. The predicted octanol–water partition coefficient (Wildman–Crippen LogP) is -0.476. The van der Waals surface area contributed by atoms with Crippen molar-refractivity contribution < 1.29 is 19.1 Å². The highest BCUT2D eigenvalue weighted by molar-refractivity contribution is 8.16. The molecule has 1 saturated heterocycles. The molecule has 1 saturated carbocycles. The number of carbonyl (C=O) groups excluding carboxylic acids is 2. The number of esters is 1. The Morgan fingerprint density at radius 1 is 1.27 bits per heavy atom. The predicted molar refractivity (Wildman–Crippen MR) is 98.3 cm³/mol. The molecule has 0 radical (unpaired) electrons. The minimum atomic E-state index is -0.465. The number of piperazine rings is 1. The first-order valence-corrected chi connectivity index (χ1v) is 9.93. The Morgan fingerprint density at radius 3 is 2.58 bits per heavy atom. The summed E-state index contributed by atoms with van der Waals surface area (Å²) in [5.74, 6) is -0.815. The molecule has 9 nitrogen and oxygen atoms in total. The standard InChI is InChI=1S/C16H27N5O4S/c1-24-13(22)10-25-12-4-2-11(3-5-12)21-16(20-8-6-18-7-9-20)26-15(19-21)14(17)23/h11-12,16,18H,2-10H2,1H3,(H2,17,23). The van der Waals surface area contributed by atoms with Crippen LogP contribution in [0.5, 0.6) is 0 Å². The van der Waals surface area contributed by atoms with Gasteiger partial charge in [0.2, 0.25) is 0 Å². The summed E-state index contributed by atoms with van der Waals surface area (Å²) >= 11 is 1.45. The van der Waals surface area contributed by atoms with Crippen LogP contribution in [0.25, 0.3) is 0 Å². The second-order valence-corrected chi connectivity index (χ2v) is 7.74. The van der Waals surface area contributed by atoms with Crippen molar-refractivity contribution >= 4 is 28.7 Å². The molecule has 1 aliphatic carbocycles. The third-order valence-corrected chi connectivity index (χ3v) is 6.24. The van der Waals surface area contributed by atoms with E-state index in [1.807, 2.05) is 0 Å². The average molecular weight is 385 g/mol. The molecule has 26 heavy (non-hydrogen) atoms. The minimum absolute atomic E-state index is 0.00121. The topological polar surface area (TPSA) is 109 Å². The first-order chi connectivity index (χ1) is 12.6. The maximum absolute atomic E-state index is 11.6. The third kappa shape index (κ3) is 4.67. The van der Waals surface area contributed by atoms with E-state index >= 15 is 0 Å². The van der Waals surface area contributed by atoms with Crippen molar-refractivity contribution in [2.75, 3.05) is 39.9 Å². The van der Waals surface area contributed by atoms with Crippen LogP contribution in [0, 0.1) is 0 Å². The molecular weight excluding hydrogens is 358 g/mol. The molecule has 0 bridgehead atoms. The molecule has 3 N–H and O–H groups in total. The summed E-state index contributed by atoms with van der Waals surface area (Å²) in [5, 5.41) is 10.3. The number of nitrogens with two attached hydrogens (primary N) is 1. The Labute approximate surface area is 157 Å². The molecule has 146 valence electrons. The fourth-order valence-electron chi connectivity index (χ4n) is 3.57. The van der Waals surface area contributed by atoms with Crippen LogP contribution in [0.3, 0.4) is 0 Å². The number of hydrogen-bond acceptors (Lipinski definition) is 9. The van der Waals surface area contributed by atoms with Gasteiger partial charge in [0, 0.05) is 26.2 Å². The van der Waals surface area contributed by atoms with Crippen molar-refractivity contribution in [3.8, 4) is 0 Å². The number of rotatable bonds is 6. The van der Waals surface area contributed by atoms with Crippen molar-refractivity contribution in [2.24, 2.45) is 10.8 Å². The highest BCUT2D eigenvalue weighted by Crippen LogP contribution is 2.36. The van der Waals surface area contributed by atoms with Gasteiger partial charge in [-0.25, -0.2) is 4.79 Å². The third-order valence-electron chi connectivity index (χ3n) is 5.01. The van der Waals surface area contributed by atoms with Crippen LogP contribution < -0.4 is 11.1 Å². The first kappa shape index (κ1) is 19.4. The van der Waals surface area contributed by atoms with Crippen LogP contribution in [0.2, 0.25) is 0 Å². The Balaban J connectivity index is 1.58. The summed E-state index contributed by atoms with van der Waals surface area (Å²) in [6.45, 7) is 3.72. The number of amides is 1. The van der Waals surface area contributed by atoms with E-state index in [0.717, 1.165) is 51.9 Å². The number of hydrogen-bond donors (Lipinski definition) is 2. The lowest BCUT2D eigenvalue weighted by atomic mass is 9.92. The zero-order valence-corrected chi connectivity index (χ0v) is 15.9. The van der Waals surface area contributed by atoms with Gasteiger partial charge >= 0.3 is 5.97 Å². The van der Waals surface area contributed by atoms with Gasteiger partial charge in [-0.1, -0.05) is 11.8 Å². The highest BCUT2D eigenvalue weighted by atomic mass is 32.2. The number of nitrogens with zero attached hydrogens (tertiary/aromatic N) is 3. The smallest absolute Gasteiger partial charge is 0.331 e. The fraction of sp³-hybridized carbons (Fsp3) is 0.812. The largest absolute Gasteiger partial charge is 0.467 e. The summed E-state index contributed by atoms with van der Waals surface area (Å²) in [4.78, 5) is 25.2. The zero-order valence-electron chi connectivity index (χ0n) is 15.1. The van der Waals surface area contributed by atoms with Crippen molar-refractivity contribution in [2.45, 2.75) is 43.3 Å². The van der Waals surface area contributed by atoms with Gasteiger partial charge in [-0.3, -0.25) is 14.7 Å². The Morgan fingerprint density at radius 2 is 1.96 bits per heavy atom. The number of ether oxygens (including phenoxy) is 2. The molecule has 1 amide bonds. The number of hydrazone groups is 1. The van der Waals surface area contributed by atoms with E-state index in [0.29, 0.717) is 5.04 Å². The van der Waals surface area contributed by atoms with Crippen molar-refractivity contribution in [3.05, 3.63) is 0 Å². The van der Waals surface area contributed by atoms with Crippen molar-refractivity contribution in [1.82, 2.24) is 15.2 Å². The fourth-order valence-corrected chi connectivity index (χ4v) is 4.71. The molecule has 0 aromatic heterocycles. The molecule has 2 heterocycles. The van der Waals surface area contributed by atoms with Gasteiger partial charge in [0.1, 0.15) is 6.61 Å². The van der Waals surface area contributed by atoms with Crippen LogP contribution in [0.15, 0.2) is 5.10 Å². The molecule has 3 aliphatic rings. The first-order valence-electron chi connectivity index (χ1n) is 9.05. The van der Waals surface area contributed by atoms with Gasteiger partial charge in [0.25, 0.3) is 5.91 Å². The summed E-state index contributed by atoms with van der Waals surface area (Å²) in [6.07, 6.45) is 3.60. The molecule has 0 spiro atoms. The second kappa shape index (κ2) is 9.03. The van der Waals surface area contributed by atoms with E-state index in [-0.39, 0.29) is 30.2 Å². The summed E-state index contributed by atoms with van der Waals surface area (Å²) in [7, 11) is 1.36. The van der Waals surface area contributed by atoms with E-state index in [4.69, 9.17) is 10.5 Å². The summed E-state index contributed by atoms with van der Waals surface area (Å²) < 4.78 is 10.2. The maximum atomic E-state index is 11.6. The van der Waals surface area contributed by atoms with Gasteiger partial charge in [0.05, 0.1) is 19.3 Å². The van der Waals surface area contributed by atoms with Crippen LogP contribution >= 0.6 is 11.8 Å². The lowest BCUT2D eigenvalue weighted by Crippen LogP contribution is -2.53. The van der Waals surface area contributed by atoms with Crippen LogP contribution in [0.4, 0.5) is 0 Å². The van der Waals surface area contributed by atoms with Crippen LogP contribution in [-0.2, 0) is 19.1 Å². The van der Waals surface area contributed by atoms with E-state index in [2.05, 4.69) is 25.1 Å². The normalized spacial score (nSPS) is 30.1. The molecule has 2 fully saturated rings. The SMILES string of the molecule is COC(=O)COC1CCC(N2N=C(C(N)=O)SC2N2CCNCC2)CC1. The van der Waals surface area contributed by atoms with Crippen molar-refractivity contribution in [3.63, 3.8) is 0 Å². The van der Waals surface area contributed by atoms with E-state index in [1.54, 1.807) is 0 Å².